The number of benzene rings is 2. The van der Waals surface area contributed by atoms with Gasteiger partial charge in [-0.3, -0.25) is 0 Å². The number of hydrogen-bond donors (Lipinski definition) is 1. The van der Waals surface area contributed by atoms with Gasteiger partial charge in [0, 0.05) is 15.0 Å². The quantitative estimate of drug-likeness (QED) is 0.692. The lowest BCUT2D eigenvalue weighted by Gasteiger charge is -2.20. The zero-order valence-electron chi connectivity index (χ0n) is 12.4. The van der Waals surface area contributed by atoms with Crippen LogP contribution in [-0.4, -0.2) is 13.2 Å². The Hall–Kier alpha value is -1.00. The topological polar surface area (TPSA) is 21.3 Å². The van der Waals surface area contributed by atoms with E-state index in [9.17, 15) is 0 Å². The molecule has 1 unspecified atom stereocenters. The minimum absolute atomic E-state index is 0.319. The molecule has 0 heterocycles. The van der Waals surface area contributed by atoms with Crippen molar-refractivity contribution < 1.29 is 4.74 Å². The van der Waals surface area contributed by atoms with Crippen molar-refractivity contribution in [1.29, 1.82) is 0 Å². The summed E-state index contributed by atoms with van der Waals surface area (Å²) >= 11 is 6.97. The second-order valence-electron chi connectivity index (χ2n) is 5.18. The first-order valence-corrected chi connectivity index (χ1v) is 8.43. The molecule has 0 aliphatic rings. The van der Waals surface area contributed by atoms with E-state index < -0.39 is 0 Å². The molecule has 112 valence electrons. The van der Waals surface area contributed by atoms with Gasteiger partial charge in [-0.2, -0.15) is 0 Å². The summed E-state index contributed by atoms with van der Waals surface area (Å²) in [6.07, 6.45) is 0.964. The summed E-state index contributed by atoms with van der Waals surface area (Å²) in [5, 5.41) is 3.56. The van der Waals surface area contributed by atoms with Crippen LogP contribution in [0.1, 0.15) is 18.1 Å². The van der Waals surface area contributed by atoms with E-state index >= 15 is 0 Å². The second kappa shape index (κ2) is 7.32. The molecule has 0 aliphatic heterocycles. The third-order valence-corrected chi connectivity index (χ3v) is 4.32. The Bertz CT molecular complexity index is 611. The van der Waals surface area contributed by atoms with E-state index in [0.717, 1.165) is 26.8 Å². The Morgan fingerprint density at radius 2 is 1.76 bits per heavy atom. The molecule has 0 saturated heterocycles. The van der Waals surface area contributed by atoms with Crippen molar-refractivity contribution in [3.05, 3.63) is 56.5 Å². The van der Waals surface area contributed by atoms with Gasteiger partial charge in [-0.1, -0.05) is 44.0 Å². The number of rotatable bonds is 5. The maximum absolute atomic E-state index is 5.48. The number of hydrogen-bond acceptors (Lipinski definition) is 2. The van der Waals surface area contributed by atoms with Gasteiger partial charge in [-0.15, -0.1) is 0 Å². The molecule has 2 nitrogen and oxygen atoms in total. The maximum atomic E-state index is 5.48. The van der Waals surface area contributed by atoms with Crippen LogP contribution in [-0.2, 0) is 6.42 Å². The molecule has 0 radical (unpaired) electrons. The van der Waals surface area contributed by atoms with Crippen molar-refractivity contribution in [3.8, 4) is 5.75 Å². The van der Waals surface area contributed by atoms with Crippen LogP contribution in [0, 0.1) is 6.92 Å². The fourth-order valence-corrected chi connectivity index (χ4v) is 3.15. The molecule has 2 rings (SSSR count). The third-order valence-electron chi connectivity index (χ3n) is 3.33. The van der Waals surface area contributed by atoms with Gasteiger partial charge in [-0.05, 0) is 55.7 Å². The number of halogens is 2. The fraction of sp³-hybridized carbons (Fsp3) is 0.294. The first kappa shape index (κ1) is 16.4. The molecule has 1 N–H and O–H groups in total. The van der Waals surface area contributed by atoms with Crippen molar-refractivity contribution >= 4 is 37.5 Å². The number of methoxy groups -OCH3 is 1. The lowest BCUT2D eigenvalue weighted by atomic mass is 10.1. The van der Waals surface area contributed by atoms with Gasteiger partial charge in [0.2, 0.25) is 0 Å². The summed E-state index contributed by atoms with van der Waals surface area (Å²) in [7, 11) is 1.70. The number of anilines is 1. The molecule has 0 saturated carbocycles. The monoisotopic (exact) mass is 411 g/mol. The van der Waals surface area contributed by atoms with Crippen molar-refractivity contribution in [1.82, 2.24) is 0 Å². The predicted octanol–water partition coefficient (Wildman–Crippen LogP) is 5.57. The van der Waals surface area contributed by atoms with Gasteiger partial charge < -0.3 is 10.1 Å². The van der Waals surface area contributed by atoms with Crippen molar-refractivity contribution in [2.24, 2.45) is 0 Å². The average Bonchev–Trinajstić information content (AvgIpc) is 2.44. The van der Waals surface area contributed by atoms with E-state index in [0.29, 0.717) is 6.04 Å². The molecule has 1 atom stereocenters. The van der Waals surface area contributed by atoms with Crippen LogP contribution in [0.5, 0.6) is 5.75 Å². The van der Waals surface area contributed by atoms with Crippen LogP contribution in [0.15, 0.2) is 45.3 Å². The van der Waals surface area contributed by atoms with Gasteiger partial charge in [0.05, 0.1) is 12.8 Å². The van der Waals surface area contributed by atoms with Crippen molar-refractivity contribution in [2.45, 2.75) is 26.3 Å². The predicted molar refractivity (Wildman–Crippen MR) is 96.4 cm³/mol. The summed E-state index contributed by atoms with van der Waals surface area (Å²) < 4.78 is 7.61. The van der Waals surface area contributed by atoms with Gasteiger partial charge in [0.1, 0.15) is 5.75 Å². The summed E-state index contributed by atoms with van der Waals surface area (Å²) in [5.74, 6) is 0.865. The van der Waals surface area contributed by atoms with E-state index in [4.69, 9.17) is 4.74 Å². The molecule has 2 aromatic carbocycles. The molecule has 4 heteroatoms. The first-order valence-electron chi connectivity index (χ1n) is 6.84. The van der Waals surface area contributed by atoms with Crippen molar-refractivity contribution in [3.63, 3.8) is 0 Å². The smallest absolute Gasteiger partial charge is 0.143 e. The zero-order chi connectivity index (χ0) is 15.4. The Morgan fingerprint density at radius 3 is 2.38 bits per heavy atom. The number of nitrogens with one attached hydrogen (secondary N) is 1. The van der Waals surface area contributed by atoms with E-state index in [1.807, 2.05) is 6.07 Å². The lowest BCUT2D eigenvalue weighted by Crippen LogP contribution is -2.19. The molecule has 0 spiro atoms. The van der Waals surface area contributed by atoms with Crippen LogP contribution < -0.4 is 10.1 Å². The van der Waals surface area contributed by atoms with Gasteiger partial charge >= 0.3 is 0 Å². The largest absolute Gasteiger partial charge is 0.495 e. The number of ether oxygens (including phenoxy) is 1. The van der Waals surface area contributed by atoms with Crippen LogP contribution >= 0.6 is 31.9 Å². The third kappa shape index (κ3) is 4.48. The molecular formula is C17H19Br2NO. The van der Waals surface area contributed by atoms with Crippen LogP contribution in [0.2, 0.25) is 0 Å². The van der Waals surface area contributed by atoms with E-state index in [2.05, 4.69) is 81.4 Å². The van der Waals surface area contributed by atoms with Gasteiger partial charge in [0.15, 0.2) is 0 Å². The summed E-state index contributed by atoms with van der Waals surface area (Å²) in [5.41, 5.74) is 3.54. The summed E-state index contributed by atoms with van der Waals surface area (Å²) in [4.78, 5) is 0. The highest BCUT2D eigenvalue weighted by Crippen LogP contribution is 2.32. The van der Waals surface area contributed by atoms with Crippen LogP contribution in [0.4, 0.5) is 5.69 Å². The zero-order valence-corrected chi connectivity index (χ0v) is 15.6. The SMILES string of the molecule is COc1cc(Br)cc(C)c1NC(C)Cc1ccc(Br)cc1. The van der Waals surface area contributed by atoms with Crippen molar-refractivity contribution in [2.75, 3.05) is 12.4 Å². The second-order valence-corrected chi connectivity index (χ2v) is 7.01. The molecular weight excluding hydrogens is 394 g/mol. The Kier molecular flexibility index (Phi) is 5.71. The van der Waals surface area contributed by atoms with E-state index in [1.165, 1.54) is 11.1 Å². The molecule has 0 fully saturated rings. The number of aryl methyl sites for hydroxylation is 1. The summed E-state index contributed by atoms with van der Waals surface area (Å²) in [6.45, 7) is 4.27. The van der Waals surface area contributed by atoms with E-state index in [-0.39, 0.29) is 0 Å². The van der Waals surface area contributed by atoms with Crippen LogP contribution in [0.25, 0.3) is 0 Å². The Labute approximate surface area is 143 Å². The van der Waals surface area contributed by atoms with Gasteiger partial charge in [-0.25, -0.2) is 0 Å². The average molecular weight is 413 g/mol. The van der Waals surface area contributed by atoms with E-state index in [1.54, 1.807) is 7.11 Å². The lowest BCUT2D eigenvalue weighted by molar-refractivity contribution is 0.415. The highest BCUT2D eigenvalue weighted by Gasteiger charge is 2.11. The molecule has 2 aromatic rings. The highest BCUT2D eigenvalue weighted by atomic mass is 79.9. The molecule has 0 bridgehead atoms. The summed E-state index contributed by atoms with van der Waals surface area (Å²) in [6, 6.07) is 12.8. The Balaban J connectivity index is 2.12. The first-order chi connectivity index (χ1) is 9.99. The standard InChI is InChI=1S/C17H19Br2NO/c1-11-8-15(19)10-16(21-3)17(11)20-12(2)9-13-4-6-14(18)7-5-13/h4-8,10,12,20H,9H2,1-3H3. The maximum Gasteiger partial charge on any atom is 0.143 e. The molecule has 0 amide bonds. The molecule has 21 heavy (non-hydrogen) atoms. The minimum atomic E-state index is 0.319. The Morgan fingerprint density at radius 1 is 1.10 bits per heavy atom. The van der Waals surface area contributed by atoms with Crippen LogP contribution in [0.3, 0.4) is 0 Å². The van der Waals surface area contributed by atoms with Gasteiger partial charge in [0.25, 0.3) is 0 Å². The molecule has 0 aliphatic carbocycles. The minimum Gasteiger partial charge on any atom is -0.495 e. The fourth-order valence-electron chi connectivity index (χ4n) is 2.33. The normalized spacial score (nSPS) is 12.0. The molecule has 0 aromatic heterocycles. The highest BCUT2D eigenvalue weighted by molar-refractivity contribution is 9.10.